The quantitative estimate of drug-likeness (QED) is 0.575. The normalized spacial score (nSPS) is 58.3. The Labute approximate surface area is 96.4 Å². The maximum atomic E-state index is 10.6. The van der Waals surface area contributed by atoms with E-state index in [1.165, 1.54) is 11.8 Å². The van der Waals surface area contributed by atoms with Crippen molar-refractivity contribution < 1.29 is 24.4 Å². The molecule has 0 bridgehead atoms. The molecule has 4 aliphatic heterocycles. The summed E-state index contributed by atoms with van der Waals surface area (Å²) in [6, 6.07) is 0. The van der Waals surface area contributed by atoms with Crippen molar-refractivity contribution in [3.05, 3.63) is 11.2 Å². The molecule has 6 unspecified atom stereocenters. The average molecular weight is 244 g/mol. The van der Waals surface area contributed by atoms with Gasteiger partial charge in [-0.15, -0.1) is 11.8 Å². The van der Waals surface area contributed by atoms with Crippen molar-refractivity contribution in [1.29, 1.82) is 0 Å². The predicted molar refractivity (Wildman–Crippen MR) is 55.2 cm³/mol. The fourth-order valence-corrected chi connectivity index (χ4v) is 3.95. The molecule has 4 aliphatic rings. The van der Waals surface area contributed by atoms with Crippen LogP contribution < -0.4 is 0 Å². The van der Waals surface area contributed by atoms with Crippen LogP contribution in [-0.2, 0) is 14.2 Å². The average Bonchev–Trinajstić information content (AvgIpc) is 3.13. The fourth-order valence-electron chi connectivity index (χ4n) is 2.63. The van der Waals surface area contributed by atoms with Gasteiger partial charge < -0.3 is 24.4 Å². The zero-order valence-electron chi connectivity index (χ0n) is 8.41. The number of fused-ring (bicyclic) bond motifs is 5. The Morgan fingerprint density at radius 2 is 2.12 bits per heavy atom. The molecule has 0 aromatic rings. The summed E-state index contributed by atoms with van der Waals surface area (Å²) in [4.78, 5) is 0. The zero-order valence-corrected chi connectivity index (χ0v) is 9.22. The molecular formula is C10H12O5S. The van der Waals surface area contributed by atoms with Gasteiger partial charge in [-0.1, -0.05) is 0 Å². The van der Waals surface area contributed by atoms with Gasteiger partial charge in [0.1, 0.15) is 30.2 Å². The van der Waals surface area contributed by atoms with E-state index in [0.717, 1.165) is 0 Å². The maximum absolute atomic E-state index is 10.6. The van der Waals surface area contributed by atoms with Crippen LogP contribution in [0.25, 0.3) is 0 Å². The molecule has 16 heavy (non-hydrogen) atoms. The van der Waals surface area contributed by atoms with Crippen molar-refractivity contribution in [2.75, 3.05) is 13.2 Å². The van der Waals surface area contributed by atoms with Gasteiger partial charge >= 0.3 is 0 Å². The molecule has 4 heterocycles. The molecule has 2 N–H and O–H groups in total. The molecule has 3 saturated heterocycles. The summed E-state index contributed by atoms with van der Waals surface area (Å²) in [5, 5.41) is 21.9. The lowest BCUT2D eigenvalue weighted by Gasteiger charge is -2.27. The zero-order chi connectivity index (χ0) is 10.9. The molecule has 0 aliphatic carbocycles. The van der Waals surface area contributed by atoms with Crippen molar-refractivity contribution in [2.24, 2.45) is 0 Å². The molecule has 0 saturated carbocycles. The van der Waals surface area contributed by atoms with Gasteiger partial charge in [0.2, 0.25) is 0 Å². The van der Waals surface area contributed by atoms with Gasteiger partial charge in [-0.2, -0.15) is 0 Å². The molecule has 5 nitrogen and oxygen atoms in total. The molecule has 4 rings (SSSR count). The molecule has 6 atom stereocenters. The molecule has 0 amide bonds. The van der Waals surface area contributed by atoms with E-state index < -0.39 is 5.60 Å². The number of aliphatic hydroxyl groups is 2. The van der Waals surface area contributed by atoms with E-state index in [1.807, 2.05) is 0 Å². The van der Waals surface area contributed by atoms with Gasteiger partial charge in [-0.05, 0) is 0 Å². The van der Waals surface area contributed by atoms with E-state index >= 15 is 0 Å². The highest BCUT2D eigenvalue weighted by Gasteiger charge is 2.68. The molecule has 88 valence electrons. The maximum Gasteiger partial charge on any atom is 0.165 e. The van der Waals surface area contributed by atoms with Crippen LogP contribution in [0, 0.1) is 0 Å². The molecule has 0 spiro atoms. The number of thioether (sulfide) groups is 1. The monoisotopic (exact) mass is 244 g/mol. The first kappa shape index (κ1) is 9.73. The Morgan fingerprint density at radius 1 is 1.31 bits per heavy atom. The Kier molecular flexibility index (Phi) is 1.79. The number of hydrogen-bond acceptors (Lipinski definition) is 6. The Hall–Kier alpha value is -0.270. The number of epoxide rings is 2. The van der Waals surface area contributed by atoms with Gasteiger partial charge in [0.15, 0.2) is 5.60 Å². The minimum absolute atomic E-state index is 0.00569. The Balaban J connectivity index is 1.71. The van der Waals surface area contributed by atoms with Crippen molar-refractivity contribution in [1.82, 2.24) is 0 Å². The van der Waals surface area contributed by atoms with Gasteiger partial charge in [-0.3, -0.25) is 0 Å². The molecule has 3 fully saturated rings. The van der Waals surface area contributed by atoms with Crippen LogP contribution in [0.2, 0.25) is 0 Å². The number of ether oxygens (including phenoxy) is 3. The first-order valence-corrected chi connectivity index (χ1v) is 6.31. The van der Waals surface area contributed by atoms with E-state index in [-0.39, 0.29) is 35.4 Å². The SMILES string of the molecule is OC1=CSC2C3OC3COCC3OC3C12O. The van der Waals surface area contributed by atoms with E-state index in [4.69, 9.17) is 14.2 Å². The molecule has 0 radical (unpaired) electrons. The standard InChI is InChI=1S/C10H12O5S/c11-6-3-16-9-7-4(14-7)1-13-2-5-8(15-5)10(6,9)12/h3-5,7-9,11-12H,1-2H2. The largest absolute Gasteiger partial charge is 0.509 e. The summed E-state index contributed by atoms with van der Waals surface area (Å²) in [5.74, 6) is 0.00569. The number of hydrogen-bond donors (Lipinski definition) is 2. The van der Waals surface area contributed by atoms with E-state index in [2.05, 4.69) is 0 Å². The van der Waals surface area contributed by atoms with Crippen LogP contribution in [-0.4, -0.2) is 58.7 Å². The highest BCUT2D eigenvalue weighted by atomic mass is 32.2. The lowest BCUT2D eigenvalue weighted by molar-refractivity contribution is 0.00602. The lowest BCUT2D eigenvalue weighted by Crippen LogP contribution is -2.48. The minimum atomic E-state index is -1.29. The van der Waals surface area contributed by atoms with Crippen LogP contribution in [0.1, 0.15) is 0 Å². The van der Waals surface area contributed by atoms with Crippen LogP contribution in [0.4, 0.5) is 0 Å². The molecule has 6 heteroatoms. The molecule has 0 aromatic heterocycles. The number of rotatable bonds is 0. The summed E-state index contributed by atoms with van der Waals surface area (Å²) in [7, 11) is 0. The Bertz CT molecular complexity index is 372. The second kappa shape index (κ2) is 2.94. The van der Waals surface area contributed by atoms with Crippen molar-refractivity contribution in [2.45, 2.75) is 35.3 Å². The fraction of sp³-hybridized carbons (Fsp3) is 0.800. The Morgan fingerprint density at radius 3 is 3.00 bits per heavy atom. The first-order chi connectivity index (χ1) is 7.71. The summed E-state index contributed by atoms with van der Waals surface area (Å²) in [6.45, 7) is 1.01. The minimum Gasteiger partial charge on any atom is -0.509 e. The predicted octanol–water partition coefficient (Wildman–Crippen LogP) is -0.203. The van der Waals surface area contributed by atoms with E-state index in [1.54, 1.807) is 5.41 Å². The summed E-state index contributed by atoms with van der Waals surface area (Å²) in [6.07, 6.45) is -0.439. The topological polar surface area (TPSA) is 74.8 Å². The molecule has 0 aromatic carbocycles. The van der Waals surface area contributed by atoms with Gasteiger partial charge in [0.25, 0.3) is 0 Å². The summed E-state index contributed by atoms with van der Waals surface area (Å²) in [5.41, 5.74) is -1.29. The first-order valence-electron chi connectivity index (χ1n) is 5.37. The van der Waals surface area contributed by atoms with Gasteiger partial charge in [0.05, 0.1) is 18.5 Å². The lowest BCUT2D eigenvalue weighted by atomic mass is 9.89. The molecular weight excluding hydrogens is 232 g/mol. The van der Waals surface area contributed by atoms with Crippen molar-refractivity contribution >= 4 is 11.8 Å². The van der Waals surface area contributed by atoms with E-state index in [0.29, 0.717) is 13.2 Å². The van der Waals surface area contributed by atoms with Gasteiger partial charge in [-0.25, -0.2) is 0 Å². The summed E-state index contributed by atoms with van der Waals surface area (Å²) < 4.78 is 16.3. The van der Waals surface area contributed by atoms with E-state index in [9.17, 15) is 10.2 Å². The third kappa shape index (κ3) is 1.11. The highest BCUT2D eigenvalue weighted by molar-refractivity contribution is 8.03. The van der Waals surface area contributed by atoms with Crippen LogP contribution in [0.5, 0.6) is 0 Å². The smallest absolute Gasteiger partial charge is 0.165 e. The second-order valence-electron chi connectivity index (χ2n) is 4.66. The van der Waals surface area contributed by atoms with Crippen LogP contribution in [0.3, 0.4) is 0 Å². The summed E-state index contributed by atoms with van der Waals surface area (Å²) >= 11 is 1.42. The van der Waals surface area contributed by atoms with Gasteiger partial charge in [0, 0.05) is 5.41 Å². The van der Waals surface area contributed by atoms with Crippen LogP contribution in [0.15, 0.2) is 11.2 Å². The number of aliphatic hydroxyl groups excluding tert-OH is 1. The second-order valence-corrected chi connectivity index (χ2v) is 5.67. The van der Waals surface area contributed by atoms with Crippen LogP contribution >= 0.6 is 11.8 Å². The van der Waals surface area contributed by atoms with Crippen molar-refractivity contribution in [3.8, 4) is 0 Å². The third-order valence-electron chi connectivity index (χ3n) is 3.67. The highest BCUT2D eigenvalue weighted by Crippen LogP contribution is 2.53. The third-order valence-corrected chi connectivity index (χ3v) is 4.95. The van der Waals surface area contributed by atoms with Crippen molar-refractivity contribution in [3.63, 3.8) is 0 Å².